The molecule has 0 aliphatic carbocycles. The fraction of sp³-hybridized carbons (Fsp3) is 0.154. The van der Waals surface area contributed by atoms with Crippen molar-refractivity contribution >= 4 is 50.0 Å². The third kappa shape index (κ3) is 3.40. The van der Waals surface area contributed by atoms with Crippen molar-refractivity contribution in [3.05, 3.63) is 38.9 Å². The molecule has 0 bridgehead atoms. The van der Waals surface area contributed by atoms with Crippen LogP contribution in [0.5, 0.6) is 0 Å². The largest absolute Gasteiger partial charge is 0.478 e. The van der Waals surface area contributed by atoms with Crippen molar-refractivity contribution in [2.24, 2.45) is 0 Å². The smallest absolute Gasteiger partial charge is 0.338 e. The van der Waals surface area contributed by atoms with Crippen molar-refractivity contribution in [2.75, 3.05) is 10.6 Å². The summed E-state index contributed by atoms with van der Waals surface area (Å²) in [6, 6.07) is 2.84. The van der Waals surface area contributed by atoms with Crippen LogP contribution in [0.2, 0.25) is 0 Å². The second kappa shape index (κ2) is 6.23. The Morgan fingerprint density at radius 3 is 2.67 bits per heavy atom. The van der Waals surface area contributed by atoms with Crippen molar-refractivity contribution in [1.29, 1.82) is 0 Å². The lowest BCUT2D eigenvalue weighted by atomic mass is 10.1. The molecule has 2 rings (SSSR count). The first-order valence-corrected chi connectivity index (χ1v) is 7.53. The second-order valence-electron chi connectivity index (χ2n) is 4.21. The van der Waals surface area contributed by atoms with Gasteiger partial charge >= 0.3 is 12.0 Å². The topological polar surface area (TPSA) is 91.3 Å². The first-order chi connectivity index (χ1) is 9.90. The number of thiophene rings is 1. The number of carbonyl (C=O) groups excluding carboxylic acids is 1. The molecule has 21 heavy (non-hydrogen) atoms. The van der Waals surface area contributed by atoms with E-state index in [4.69, 9.17) is 0 Å². The molecule has 2 amide bonds. The molecule has 8 heteroatoms. The molecule has 0 atom stereocenters. The minimum absolute atomic E-state index is 0.123. The average Bonchev–Trinajstić information content (AvgIpc) is 2.67. The molecule has 3 N–H and O–H groups in total. The van der Waals surface area contributed by atoms with Gasteiger partial charge in [0, 0.05) is 11.1 Å². The van der Waals surface area contributed by atoms with Crippen molar-refractivity contribution in [2.45, 2.75) is 13.8 Å². The molecule has 0 aliphatic rings. The minimum atomic E-state index is -1.06. The lowest BCUT2D eigenvalue weighted by molar-refractivity contribution is 0.0697. The van der Waals surface area contributed by atoms with Gasteiger partial charge in [-0.05, 0) is 47.5 Å². The van der Waals surface area contributed by atoms with Crippen LogP contribution in [0.15, 0.2) is 22.9 Å². The number of carbonyl (C=O) groups is 2. The van der Waals surface area contributed by atoms with Crippen LogP contribution in [0.4, 0.5) is 15.5 Å². The molecule has 0 unspecified atom stereocenters. The lowest BCUT2D eigenvalue weighted by Crippen LogP contribution is -2.20. The van der Waals surface area contributed by atoms with Crippen molar-refractivity contribution in [3.63, 3.8) is 0 Å². The van der Waals surface area contributed by atoms with Gasteiger partial charge in [0.2, 0.25) is 0 Å². The Hall–Kier alpha value is -1.93. The Morgan fingerprint density at radius 2 is 2.05 bits per heavy atom. The summed E-state index contributed by atoms with van der Waals surface area (Å²) < 4.78 is 0.497. The van der Waals surface area contributed by atoms with Gasteiger partial charge in [-0.1, -0.05) is 0 Å². The number of rotatable bonds is 3. The molecule has 0 fully saturated rings. The number of halogens is 1. The van der Waals surface area contributed by atoms with E-state index in [0.29, 0.717) is 20.9 Å². The zero-order valence-corrected chi connectivity index (χ0v) is 13.6. The summed E-state index contributed by atoms with van der Waals surface area (Å²) in [5.74, 6) is -1.06. The molecule has 2 aromatic heterocycles. The van der Waals surface area contributed by atoms with E-state index in [-0.39, 0.29) is 5.56 Å². The number of aromatic nitrogens is 1. The highest BCUT2D eigenvalue weighted by molar-refractivity contribution is 9.10. The predicted octanol–water partition coefficient (Wildman–Crippen LogP) is 3.86. The summed E-state index contributed by atoms with van der Waals surface area (Å²) in [6.45, 7) is 3.53. The van der Waals surface area contributed by atoms with E-state index in [1.807, 2.05) is 6.92 Å². The maximum absolute atomic E-state index is 12.0. The fourth-order valence-corrected chi connectivity index (χ4v) is 3.11. The number of anilines is 2. The molecule has 2 aromatic rings. The van der Waals surface area contributed by atoms with E-state index in [1.165, 1.54) is 11.3 Å². The Morgan fingerprint density at radius 1 is 1.33 bits per heavy atom. The number of aryl methyl sites for hydroxylation is 1. The first-order valence-electron chi connectivity index (χ1n) is 5.92. The highest BCUT2D eigenvalue weighted by Crippen LogP contribution is 2.32. The summed E-state index contributed by atoms with van der Waals surface area (Å²) in [7, 11) is 0. The van der Waals surface area contributed by atoms with Crippen LogP contribution in [0.1, 0.15) is 20.8 Å². The maximum Gasteiger partial charge on any atom is 0.338 e. The van der Waals surface area contributed by atoms with Crippen LogP contribution in [0.25, 0.3) is 0 Å². The molecular weight excluding hydrogens is 358 g/mol. The molecule has 6 nitrogen and oxygen atoms in total. The number of nitrogens with zero attached hydrogens (tertiary/aromatic N) is 1. The number of hydrogen-bond acceptors (Lipinski definition) is 4. The second-order valence-corrected chi connectivity index (χ2v) is 6.19. The van der Waals surface area contributed by atoms with Gasteiger partial charge in [0.1, 0.15) is 9.60 Å². The van der Waals surface area contributed by atoms with Gasteiger partial charge in [-0.15, -0.1) is 11.3 Å². The van der Waals surface area contributed by atoms with Gasteiger partial charge in [-0.3, -0.25) is 5.32 Å². The molecule has 0 aliphatic heterocycles. The van der Waals surface area contributed by atoms with Crippen LogP contribution in [0.3, 0.4) is 0 Å². The third-order valence-corrected chi connectivity index (χ3v) is 4.59. The molecule has 0 radical (unpaired) electrons. The van der Waals surface area contributed by atoms with E-state index in [9.17, 15) is 14.7 Å². The summed E-state index contributed by atoms with van der Waals surface area (Å²) in [5, 5.41) is 14.7. The van der Waals surface area contributed by atoms with E-state index in [1.54, 1.807) is 25.3 Å². The molecule has 0 spiro atoms. The number of nitrogens with one attached hydrogen (secondary N) is 2. The van der Waals surface area contributed by atoms with Gasteiger partial charge < -0.3 is 10.4 Å². The molecule has 0 saturated carbocycles. The standard InChI is InChI=1S/C13H12BrN3O3S/c1-6-7(2)21-11(9(6)12(18)19)17-13(20)16-8-4-3-5-15-10(8)14/h3-5H,1-2H3,(H,18,19)(H2,16,17,20). The van der Waals surface area contributed by atoms with Gasteiger partial charge in [0.05, 0.1) is 11.3 Å². The minimum Gasteiger partial charge on any atom is -0.478 e. The van der Waals surface area contributed by atoms with Crippen LogP contribution in [-0.2, 0) is 0 Å². The Labute approximate surface area is 133 Å². The van der Waals surface area contributed by atoms with Gasteiger partial charge in [0.25, 0.3) is 0 Å². The Kier molecular flexibility index (Phi) is 4.59. The molecule has 110 valence electrons. The van der Waals surface area contributed by atoms with Gasteiger partial charge in [-0.25, -0.2) is 14.6 Å². The number of hydrogen-bond donors (Lipinski definition) is 3. The van der Waals surface area contributed by atoms with Crippen molar-refractivity contribution in [1.82, 2.24) is 4.98 Å². The van der Waals surface area contributed by atoms with Crippen molar-refractivity contribution < 1.29 is 14.7 Å². The quantitative estimate of drug-likeness (QED) is 0.716. The van der Waals surface area contributed by atoms with E-state index >= 15 is 0 Å². The highest BCUT2D eigenvalue weighted by atomic mass is 79.9. The van der Waals surface area contributed by atoms with Crippen LogP contribution in [0, 0.1) is 13.8 Å². The summed E-state index contributed by atoms with van der Waals surface area (Å²) >= 11 is 4.45. The predicted molar refractivity (Wildman–Crippen MR) is 85.3 cm³/mol. The highest BCUT2D eigenvalue weighted by Gasteiger charge is 2.20. The lowest BCUT2D eigenvalue weighted by Gasteiger charge is -2.08. The van der Waals surface area contributed by atoms with E-state index < -0.39 is 12.0 Å². The molecular formula is C13H12BrN3O3S. The Balaban J connectivity index is 2.19. The fourth-order valence-electron chi connectivity index (χ4n) is 1.71. The number of carboxylic acid groups (broad SMARTS) is 1. The summed E-state index contributed by atoms with van der Waals surface area (Å²) in [5.41, 5.74) is 1.28. The molecule has 0 aromatic carbocycles. The number of pyridine rings is 1. The number of urea groups is 1. The van der Waals surface area contributed by atoms with Crippen molar-refractivity contribution in [3.8, 4) is 0 Å². The van der Waals surface area contributed by atoms with E-state index in [0.717, 1.165) is 4.88 Å². The molecule has 2 heterocycles. The number of carboxylic acids is 1. The van der Waals surface area contributed by atoms with E-state index in [2.05, 4.69) is 31.5 Å². The summed E-state index contributed by atoms with van der Waals surface area (Å²) in [4.78, 5) is 28.1. The molecule has 0 saturated heterocycles. The zero-order chi connectivity index (χ0) is 15.6. The first kappa shape index (κ1) is 15.5. The van der Waals surface area contributed by atoms with Gasteiger partial charge in [0.15, 0.2) is 0 Å². The van der Waals surface area contributed by atoms with Gasteiger partial charge in [-0.2, -0.15) is 0 Å². The van der Waals surface area contributed by atoms with Crippen LogP contribution < -0.4 is 10.6 Å². The third-order valence-electron chi connectivity index (χ3n) is 2.83. The monoisotopic (exact) mass is 369 g/mol. The summed E-state index contributed by atoms with van der Waals surface area (Å²) in [6.07, 6.45) is 1.59. The number of amides is 2. The van der Waals surface area contributed by atoms with Crippen LogP contribution >= 0.6 is 27.3 Å². The maximum atomic E-state index is 12.0. The average molecular weight is 370 g/mol. The SMILES string of the molecule is Cc1sc(NC(=O)Nc2cccnc2Br)c(C(=O)O)c1C. The zero-order valence-electron chi connectivity index (χ0n) is 11.2. The Bertz CT molecular complexity index is 715. The number of aromatic carboxylic acids is 1. The normalized spacial score (nSPS) is 10.2. The van der Waals surface area contributed by atoms with Crippen LogP contribution in [-0.4, -0.2) is 22.1 Å².